The molecular formula is C19H33N3O3. The molecule has 0 amide bonds. The van der Waals surface area contributed by atoms with Gasteiger partial charge in [0.15, 0.2) is 5.96 Å². The normalized spacial score (nSPS) is 14.7. The maximum Gasteiger partial charge on any atom is 0.191 e. The van der Waals surface area contributed by atoms with Gasteiger partial charge in [0.25, 0.3) is 0 Å². The predicted octanol–water partition coefficient (Wildman–Crippen LogP) is 2.60. The Kier molecular flexibility index (Phi) is 10.1. The van der Waals surface area contributed by atoms with Crippen LogP contribution in [0, 0.1) is 5.92 Å². The van der Waals surface area contributed by atoms with Crippen molar-refractivity contribution in [2.24, 2.45) is 10.9 Å². The van der Waals surface area contributed by atoms with E-state index in [4.69, 9.17) is 13.9 Å². The lowest BCUT2D eigenvalue weighted by Gasteiger charge is -2.12. The smallest absolute Gasteiger partial charge is 0.191 e. The summed E-state index contributed by atoms with van der Waals surface area (Å²) in [5, 5.41) is 6.73. The minimum atomic E-state index is 0.767. The molecule has 0 spiro atoms. The van der Waals surface area contributed by atoms with Crippen molar-refractivity contribution in [3.63, 3.8) is 0 Å². The minimum absolute atomic E-state index is 0.767. The third-order valence-electron chi connectivity index (χ3n) is 3.97. The minimum Gasteiger partial charge on any atom is -0.469 e. The maximum absolute atomic E-state index is 5.66. The molecule has 0 atom stereocenters. The predicted molar refractivity (Wildman–Crippen MR) is 100.0 cm³/mol. The summed E-state index contributed by atoms with van der Waals surface area (Å²) in [6, 6.07) is 3.91. The van der Waals surface area contributed by atoms with Gasteiger partial charge in [0.1, 0.15) is 5.76 Å². The molecule has 142 valence electrons. The lowest BCUT2D eigenvalue weighted by Crippen LogP contribution is -2.39. The second kappa shape index (κ2) is 12.8. The average Bonchev–Trinajstić information content (AvgIpc) is 3.30. The van der Waals surface area contributed by atoms with Crippen LogP contribution in [0.1, 0.15) is 38.4 Å². The van der Waals surface area contributed by atoms with E-state index in [0.717, 1.165) is 83.0 Å². The Morgan fingerprint density at radius 1 is 1.20 bits per heavy atom. The van der Waals surface area contributed by atoms with E-state index in [1.165, 1.54) is 12.8 Å². The number of aliphatic imine (C=N–C) groups is 1. The molecule has 0 unspecified atom stereocenters. The first-order valence-corrected chi connectivity index (χ1v) is 9.58. The van der Waals surface area contributed by atoms with Crippen molar-refractivity contribution in [1.29, 1.82) is 0 Å². The lowest BCUT2D eigenvalue weighted by atomic mass is 10.3. The Labute approximate surface area is 151 Å². The molecule has 0 radical (unpaired) electrons. The van der Waals surface area contributed by atoms with Crippen LogP contribution in [-0.4, -0.2) is 52.0 Å². The van der Waals surface area contributed by atoms with E-state index in [2.05, 4.69) is 15.6 Å². The van der Waals surface area contributed by atoms with Crippen molar-refractivity contribution in [2.45, 2.75) is 39.0 Å². The van der Waals surface area contributed by atoms with Crippen LogP contribution in [0.4, 0.5) is 0 Å². The summed E-state index contributed by atoms with van der Waals surface area (Å²) >= 11 is 0. The molecule has 2 rings (SSSR count). The van der Waals surface area contributed by atoms with E-state index in [1.807, 2.05) is 19.1 Å². The molecule has 0 aliphatic heterocycles. The highest BCUT2D eigenvalue weighted by atomic mass is 16.5. The number of hydrogen-bond acceptors (Lipinski definition) is 4. The third-order valence-corrected chi connectivity index (χ3v) is 3.97. The Balaban J connectivity index is 1.60. The van der Waals surface area contributed by atoms with Gasteiger partial charge in [0.2, 0.25) is 0 Å². The molecule has 25 heavy (non-hydrogen) atoms. The summed E-state index contributed by atoms with van der Waals surface area (Å²) < 4.78 is 16.4. The number of nitrogens with one attached hydrogen (secondary N) is 2. The zero-order chi connectivity index (χ0) is 17.6. The zero-order valence-corrected chi connectivity index (χ0v) is 15.5. The van der Waals surface area contributed by atoms with E-state index >= 15 is 0 Å². The van der Waals surface area contributed by atoms with Gasteiger partial charge in [-0.2, -0.15) is 0 Å². The third kappa shape index (κ3) is 10.1. The van der Waals surface area contributed by atoms with Gasteiger partial charge in [0.05, 0.1) is 6.26 Å². The second-order valence-electron chi connectivity index (χ2n) is 6.34. The van der Waals surface area contributed by atoms with Crippen LogP contribution in [-0.2, 0) is 15.9 Å². The topological polar surface area (TPSA) is 68.0 Å². The Morgan fingerprint density at radius 2 is 2.04 bits per heavy atom. The lowest BCUT2D eigenvalue weighted by molar-refractivity contribution is 0.123. The van der Waals surface area contributed by atoms with Crippen LogP contribution in [0.2, 0.25) is 0 Å². The quantitative estimate of drug-likeness (QED) is 0.306. The summed E-state index contributed by atoms with van der Waals surface area (Å²) in [6.07, 6.45) is 7.16. The SMILES string of the molecule is CCOCCCNC(=NCCCOCC1CC1)NCCc1ccco1. The van der Waals surface area contributed by atoms with Crippen LogP contribution in [0.15, 0.2) is 27.8 Å². The van der Waals surface area contributed by atoms with Crippen molar-refractivity contribution >= 4 is 5.96 Å². The van der Waals surface area contributed by atoms with Crippen molar-refractivity contribution in [3.8, 4) is 0 Å². The summed E-state index contributed by atoms with van der Waals surface area (Å²) in [4.78, 5) is 4.64. The molecule has 0 saturated heterocycles. The highest BCUT2D eigenvalue weighted by Gasteiger charge is 2.20. The summed E-state index contributed by atoms with van der Waals surface area (Å²) in [5.74, 6) is 2.66. The fourth-order valence-corrected chi connectivity index (χ4v) is 2.35. The Bertz CT molecular complexity index is 458. The molecule has 0 aromatic carbocycles. The summed E-state index contributed by atoms with van der Waals surface area (Å²) in [5.41, 5.74) is 0. The van der Waals surface area contributed by atoms with Crippen LogP contribution >= 0.6 is 0 Å². The Morgan fingerprint density at radius 3 is 2.80 bits per heavy atom. The molecule has 1 aliphatic rings. The van der Waals surface area contributed by atoms with Crippen LogP contribution in [0.3, 0.4) is 0 Å². The average molecular weight is 351 g/mol. The summed E-state index contributed by atoms with van der Waals surface area (Å²) in [6.45, 7) is 7.70. The molecule has 6 heteroatoms. The van der Waals surface area contributed by atoms with Gasteiger partial charge in [-0.3, -0.25) is 4.99 Å². The molecule has 1 saturated carbocycles. The second-order valence-corrected chi connectivity index (χ2v) is 6.34. The molecule has 1 heterocycles. The van der Waals surface area contributed by atoms with E-state index in [-0.39, 0.29) is 0 Å². The van der Waals surface area contributed by atoms with Crippen LogP contribution < -0.4 is 10.6 Å². The van der Waals surface area contributed by atoms with Crippen LogP contribution in [0.5, 0.6) is 0 Å². The zero-order valence-electron chi connectivity index (χ0n) is 15.5. The van der Waals surface area contributed by atoms with E-state index in [1.54, 1.807) is 6.26 Å². The highest BCUT2D eigenvalue weighted by molar-refractivity contribution is 5.79. The first kappa shape index (κ1) is 19.8. The monoisotopic (exact) mass is 351 g/mol. The van der Waals surface area contributed by atoms with Crippen molar-refractivity contribution < 1.29 is 13.9 Å². The van der Waals surface area contributed by atoms with Gasteiger partial charge in [-0.05, 0) is 50.7 Å². The van der Waals surface area contributed by atoms with Gasteiger partial charge >= 0.3 is 0 Å². The van der Waals surface area contributed by atoms with E-state index in [9.17, 15) is 0 Å². The molecular weight excluding hydrogens is 318 g/mol. The highest BCUT2D eigenvalue weighted by Crippen LogP contribution is 2.28. The number of nitrogens with zero attached hydrogens (tertiary/aromatic N) is 1. The molecule has 6 nitrogen and oxygen atoms in total. The maximum atomic E-state index is 5.66. The fraction of sp³-hybridized carbons (Fsp3) is 0.737. The number of rotatable bonds is 14. The molecule has 1 aliphatic carbocycles. The van der Waals surface area contributed by atoms with Gasteiger partial charge in [-0.15, -0.1) is 0 Å². The van der Waals surface area contributed by atoms with Gasteiger partial charge < -0.3 is 24.5 Å². The van der Waals surface area contributed by atoms with Gasteiger partial charge in [0, 0.05) is 52.5 Å². The van der Waals surface area contributed by atoms with Crippen molar-refractivity contribution in [3.05, 3.63) is 24.2 Å². The fourth-order valence-electron chi connectivity index (χ4n) is 2.35. The number of hydrogen-bond donors (Lipinski definition) is 2. The van der Waals surface area contributed by atoms with Crippen molar-refractivity contribution in [1.82, 2.24) is 10.6 Å². The molecule has 1 aromatic rings. The van der Waals surface area contributed by atoms with Gasteiger partial charge in [-0.1, -0.05) is 0 Å². The van der Waals surface area contributed by atoms with E-state index < -0.39 is 0 Å². The molecule has 1 fully saturated rings. The molecule has 2 N–H and O–H groups in total. The largest absolute Gasteiger partial charge is 0.469 e. The molecule has 1 aromatic heterocycles. The standard InChI is InChI=1S/C19H33N3O3/c1-2-23-13-4-10-20-19(22-12-9-18-6-3-15-25-18)21-11-5-14-24-16-17-7-8-17/h3,6,15,17H,2,4-5,7-14,16H2,1H3,(H2,20,21,22). The van der Waals surface area contributed by atoms with Crippen LogP contribution in [0.25, 0.3) is 0 Å². The van der Waals surface area contributed by atoms with Crippen molar-refractivity contribution in [2.75, 3.05) is 46.1 Å². The first-order chi connectivity index (χ1) is 12.4. The Hall–Kier alpha value is -1.53. The van der Waals surface area contributed by atoms with E-state index in [0.29, 0.717) is 0 Å². The summed E-state index contributed by atoms with van der Waals surface area (Å²) in [7, 11) is 0. The van der Waals surface area contributed by atoms with Gasteiger partial charge in [-0.25, -0.2) is 0 Å². The molecule has 0 bridgehead atoms. The number of furan rings is 1. The number of ether oxygens (including phenoxy) is 2. The first-order valence-electron chi connectivity index (χ1n) is 9.58. The number of guanidine groups is 1.